The van der Waals surface area contributed by atoms with Crippen LogP contribution in [0.4, 0.5) is 4.79 Å². The van der Waals surface area contributed by atoms with Gasteiger partial charge in [0.2, 0.25) is 0 Å². The van der Waals surface area contributed by atoms with Gasteiger partial charge < -0.3 is 19.7 Å². The van der Waals surface area contributed by atoms with E-state index >= 15 is 0 Å². The van der Waals surface area contributed by atoms with Crippen LogP contribution in [0.25, 0.3) is 0 Å². The maximum absolute atomic E-state index is 11.8. The summed E-state index contributed by atoms with van der Waals surface area (Å²) in [7, 11) is 1.71. The highest BCUT2D eigenvalue weighted by Gasteiger charge is 2.19. The quantitative estimate of drug-likeness (QED) is 0.782. The van der Waals surface area contributed by atoms with Gasteiger partial charge in [0.1, 0.15) is 17.4 Å². The molecule has 0 unspecified atom stereocenters. The molecule has 1 amide bonds. The average Bonchev–Trinajstić information content (AvgIpc) is 2.48. The first-order chi connectivity index (χ1) is 10.8. The summed E-state index contributed by atoms with van der Waals surface area (Å²) in [6.45, 7) is 7.32. The second kappa shape index (κ2) is 9.01. The van der Waals surface area contributed by atoms with E-state index in [1.807, 2.05) is 51.1 Å². The molecule has 0 spiro atoms. The van der Waals surface area contributed by atoms with Crippen molar-refractivity contribution in [3.63, 3.8) is 0 Å². The summed E-state index contributed by atoms with van der Waals surface area (Å²) in [4.78, 5) is 13.4. The number of carbonyl (C=O) groups is 1. The summed E-state index contributed by atoms with van der Waals surface area (Å²) in [6, 6.07) is 9.52. The van der Waals surface area contributed by atoms with Gasteiger partial charge in [0.05, 0.1) is 0 Å². The summed E-state index contributed by atoms with van der Waals surface area (Å²) >= 11 is 0. The van der Waals surface area contributed by atoms with E-state index in [4.69, 9.17) is 14.7 Å². The number of hydrogen-bond donors (Lipinski definition) is 1. The Balaban J connectivity index is 2.38. The number of nitrogens with zero attached hydrogens (tertiary/aromatic N) is 2. The van der Waals surface area contributed by atoms with Crippen LogP contribution in [0, 0.1) is 11.3 Å². The van der Waals surface area contributed by atoms with Crippen LogP contribution in [0.3, 0.4) is 0 Å². The summed E-state index contributed by atoms with van der Waals surface area (Å²) in [5, 5.41) is 11.8. The lowest BCUT2D eigenvalue weighted by Crippen LogP contribution is -2.37. The third-order valence-corrected chi connectivity index (χ3v) is 2.91. The molecule has 0 aliphatic heterocycles. The highest BCUT2D eigenvalue weighted by molar-refractivity contribution is 5.67. The Morgan fingerprint density at radius 1 is 1.35 bits per heavy atom. The maximum Gasteiger partial charge on any atom is 0.410 e. The zero-order chi connectivity index (χ0) is 17.3. The molecule has 126 valence electrons. The fourth-order valence-electron chi connectivity index (χ4n) is 1.80. The number of likely N-dealkylation sites (N-methyl/N-ethyl adjacent to an activating group) is 1. The second-order valence-corrected chi connectivity index (χ2v) is 6.13. The fourth-order valence-corrected chi connectivity index (χ4v) is 1.80. The van der Waals surface area contributed by atoms with E-state index in [2.05, 4.69) is 5.32 Å². The van der Waals surface area contributed by atoms with Crippen LogP contribution in [0.2, 0.25) is 0 Å². The first-order valence-corrected chi connectivity index (χ1v) is 7.56. The normalized spacial score (nSPS) is 10.7. The molecular weight excluding hydrogens is 294 g/mol. The van der Waals surface area contributed by atoms with E-state index in [-0.39, 0.29) is 12.7 Å². The minimum Gasteiger partial charge on any atom is -0.478 e. The number of benzene rings is 1. The lowest BCUT2D eigenvalue weighted by atomic mass is 10.2. The van der Waals surface area contributed by atoms with Crippen LogP contribution in [0.5, 0.6) is 5.75 Å². The van der Waals surface area contributed by atoms with Crippen LogP contribution in [0.15, 0.2) is 24.3 Å². The monoisotopic (exact) mass is 319 g/mol. The Morgan fingerprint density at radius 2 is 2.04 bits per heavy atom. The second-order valence-electron chi connectivity index (χ2n) is 6.13. The van der Waals surface area contributed by atoms with Crippen molar-refractivity contribution in [2.45, 2.75) is 32.9 Å². The summed E-state index contributed by atoms with van der Waals surface area (Å²) < 4.78 is 10.7. The highest BCUT2D eigenvalue weighted by atomic mass is 16.6. The van der Waals surface area contributed by atoms with E-state index in [1.54, 1.807) is 7.05 Å². The number of amides is 1. The van der Waals surface area contributed by atoms with E-state index < -0.39 is 5.60 Å². The smallest absolute Gasteiger partial charge is 0.410 e. The van der Waals surface area contributed by atoms with Gasteiger partial charge in [-0.15, -0.1) is 0 Å². The van der Waals surface area contributed by atoms with Crippen LogP contribution in [-0.2, 0) is 11.3 Å². The molecule has 6 nitrogen and oxygen atoms in total. The summed E-state index contributed by atoms with van der Waals surface area (Å²) in [5.74, 6) is 0.696. The third kappa shape index (κ3) is 7.52. The van der Waals surface area contributed by atoms with Gasteiger partial charge in [0.25, 0.3) is 0 Å². The van der Waals surface area contributed by atoms with Gasteiger partial charge in [-0.05, 0) is 26.8 Å². The Hall–Kier alpha value is -2.26. The van der Waals surface area contributed by atoms with E-state index in [1.165, 1.54) is 4.90 Å². The van der Waals surface area contributed by atoms with E-state index in [9.17, 15) is 4.79 Å². The SMILES string of the molecule is CN(CCNCc1ccccc1OCC#N)C(=O)OC(C)(C)C. The number of nitrogens with one attached hydrogen (secondary N) is 1. The molecule has 0 aliphatic rings. The molecule has 0 saturated heterocycles. The van der Waals surface area contributed by atoms with Crippen molar-refractivity contribution in [3.05, 3.63) is 29.8 Å². The van der Waals surface area contributed by atoms with Crippen molar-refractivity contribution in [1.29, 1.82) is 5.26 Å². The zero-order valence-corrected chi connectivity index (χ0v) is 14.3. The first-order valence-electron chi connectivity index (χ1n) is 7.56. The van der Waals surface area contributed by atoms with Gasteiger partial charge in [-0.3, -0.25) is 0 Å². The Bertz CT molecular complexity index is 547. The maximum atomic E-state index is 11.8. The highest BCUT2D eigenvalue weighted by Crippen LogP contribution is 2.17. The van der Waals surface area contributed by atoms with E-state index in [0.29, 0.717) is 25.4 Å². The molecule has 0 aromatic heterocycles. The minimum atomic E-state index is -0.490. The summed E-state index contributed by atoms with van der Waals surface area (Å²) in [6.07, 6.45) is -0.336. The fraction of sp³-hybridized carbons (Fsp3) is 0.529. The van der Waals surface area contributed by atoms with Gasteiger partial charge in [0.15, 0.2) is 6.61 Å². The number of ether oxygens (including phenoxy) is 2. The molecule has 0 heterocycles. The number of para-hydroxylation sites is 1. The summed E-state index contributed by atoms with van der Waals surface area (Å²) in [5.41, 5.74) is 0.484. The van der Waals surface area contributed by atoms with Crippen molar-refractivity contribution < 1.29 is 14.3 Å². The lowest BCUT2D eigenvalue weighted by Gasteiger charge is -2.24. The minimum absolute atomic E-state index is 0.0262. The molecule has 6 heteroatoms. The van der Waals surface area contributed by atoms with Crippen molar-refractivity contribution in [2.24, 2.45) is 0 Å². The largest absolute Gasteiger partial charge is 0.478 e. The number of carbonyl (C=O) groups excluding carboxylic acids is 1. The van der Waals surface area contributed by atoms with Crippen LogP contribution in [-0.4, -0.2) is 43.3 Å². The number of nitriles is 1. The molecule has 0 radical (unpaired) electrons. The molecule has 0 bridgehead atoms. The number of hydrogen-bond acceptors (Lipinski definition) is 5. The van der Waals surface area contributed by atoms with Crippen LogP contribution >= 0.6 is 0 Å². The molecule has 0 atom stereocenters. The molecular formula is C17H25N3O3. The van der Waals surface area contributed by atoms with Gasteiger partial charge in [-0.2, -0.15) is 5.26 Å². The molecule has 1 aromatic carbocycles. The van der Waals surface area contributed by atoms with Crippen molar-refractivity contribution in [1.82, 2.24) is 10.2 Å². The molecule has 0 saturated carbocycles. The topological polar surface area (TPSA) is 74.6 Å². The molecule has 0 fully saturated rings. The Morgan fingerprint density at radius 3 is 2.70 bits per heavy atom. The third-order valence-electron chi connectivity index (χ3n) is 2.91. The Labute approximate surface area is 138 Å². The predicted octanol–water partition coefficient (Wildman–Crippen LogP) is 2.55. The average molecular weight is 319 g/mol. The zero-order valence-electron chi connectivity index (χ0n) is 14.3. The molecule has 1 rings (SSSR count). The molecule has 1 N–H and O–H groups in total. The lowest BCUT2D eigenvalue weighted by molar-refractivity contribution is 0.0300. The predicted molar refractivity (Wildman–Crippen MR) is 88.1 cm³/mol. The van der Waals surface area contributed by atoms with Gasteiger partial charge >= 0.3 is 6.09 Å². The molecule has 1 aromatic rings. The van der Waals surface area contributed by atoms with Crippen LogP contribution < -0.4 is 10.1 Å². The molecule has 0 aliphatic carbocycles. The van der Waals surface area contributed by atoms with Crippen molar-refractivity contribution in [3.8, 4) is 11.8 Å². The van der Waals surface area contributed by atoms with E-state index in [0.717, 1.165) is 5.56 Å². The standard InChI is InChI=1S/C17H25N3O3/c1-17(2,3)23-16(21)20(4)11-10-19-13-14-7-5-6-8-15(14)22-12-9-18/h5-8,19H,10-13H2,1-4H3. The van der Waals surface area contributed by atoms with Gasteiger partial charge in [-0.1, -0.05) is 18.2 Å². The van der Waals surface area contributed by atoms with Crippen molar-refractivity contribution in [2.75, 3.05) is 26.7 Å². The Kier molecular flexibility index (Phi) is 7.36. The van der Waals surface area contributed by atoms with Gasteiger partial charge in [-0.25, -0.2) is 4.79 Å². The van der Waals surface area contributed by atoms with Gasteiger partial charge in [0, 0.05) is 32.2 Å². The van der Waals surface area contributed by atoms with Crippen LogP contribution in [0.1, 0.15) is 26.3 Å². The van der Waals surface area contributed by atoms with Crippen molar-refractivity contribution >= 4 is 6.09 Å². The first kappa shape index (κ1) is 18.8. The number of rotatable bonds is 7. The molecule has 23 heavy (non-hydrogen) atoms.